The van der Waals surface area contributed by atoms with Crippen molar-refractivity contribution in [2.75, 3.05) is 7.11 Å². The Labute approximate surface area is 190 Å². The fourth-order valence-corrected chi connectivity index (χ4v) is 2.82. The summed E-state index contributed by atoms with van der Waals surface area (Å²) in [7, 11) is 1.43. The molecule has 162 valence electrons. The zero-order valence-corrected chi connectivity index (χ0v) is 18.2. The van der Waals surface area contributed by atoms with Crippen LogP contribution in [0.5, 0.6) is 11.5 Å². The highest BCUT2D eigenvalue weighted by Gasteiger charge is 2.13. The van der Waals surface area contributed by atoms with Crippen LogP contribution in [0.3, 0.4) is 0 Å². The zero-order valence-electron chi connectivity index (χ0n) is 16.7. The van der Waals surface area contributed by atoms with Crippen molar-refractivity contribution in [2.24, 2.45) is 5.10 Å². The molecule has 10 heteroatoms. The van der Waals surface area contributed by atoms with Gasteiger partial charge in [-0.2, -0.15) is 5.10 Å². The Kier molecular flexibility index (Phi) is 7.29. The van der Waals surface area contributed by atoms with Crippen molar-refractivity contribution >= 4 is 39.7 Å². The van der Waals surface area contributed by atoms with Gasteiger partial charge in [0.15, 0.2) is 11.5 Å². The maximum absolute atomic E-state index is 12.3. The van der Waals surface area contributed by atoms with Gasteiger partial charge in [0.05, 0.1) is 23.8 Å². The normalized spacial score (nSPS) is 10.6. The van der Waals surface area contributed by atoms with Gasteiger partial charge in [-0.25, -0.2) is 10.2 Å². The molecule has 3 aromatic rings. The summed E-state index contributed by atoms with van der Waals surface area (Å²) in [5.41, 5.74) is 3.41. The van der Waals surface area contributed by atoms with Crippen molar-refractivity contribution in [3.63, 3.8) is 0 Å². The highest BCUT2D eigenvalue weighted by molar-refractivity contribution is 9.10. The monoisotopic (exact) mass is 497 g/mol. The van der Waals surface area contributed by atoms with E-state index in [2.05, 4.69) is 26.5 Å². The highest BCUT2D eigenvalue weighted by atomic mass is 79.9. The number of non-ortho nitro benzene ring substituents is 1. The number of benzene rings is 3. The van der Waals surface area contributed by atoms with E-state index in [0.29, 0.717) is 16.9 Å². The third kappa shape index (κ3) is 5.76. The molecule has 0 saturated carbocycles. The second-order valence-corrected chi connectivity index (χ2v) is 7.23. The first kappa shape index (κ1) is 22.6. The summed E-state index contributed by atoms with van der Waals surface area (Å²) in [6, 6.07) is 16.6. The summed E-state index contributed by atoms with van der Waals surface area (Å²) in [4.78, 5) is 34.5. The summed E-state index contributed by atoms with van der Waals surface area (Å²) in [5.74, 6) is -0.524. The third-order valence-electron chi connectivity index (χ3n) is 4.19. The number of ether oxygens (including phenoxy) is 2. The minimum Gasteiger partial charge on any atom is -0.493 e. The number of methoxy groups -OCH3 is 1. The lowest BCUT2D eigenvalue weighted by atomic mass is 10.2. The fraction of sp³-hybridized carbons (Fsp3) is 0.0455. The smallest absolute Gasteiger partial charge is 0.343 e. The lowest BCUT2D eigenvalue weighted by molar-refractivity contribution is -0.384. The molecule has 0 fully saturated rings. The second kappa shape index (κ2) is 10.3. The molecule has 0 aliphatic carbocycles. The number of halogens is 1. The van der Waals surface area contributed by atoms with Crippen LogP contribution in [0.2, 0.25) is 0 Å². The Hall–Kier alpha value is -4.05. The largest absolute Gasteiger partial charge is 0.493 e. The van der Waals surface area contributed by atoms with Gasteiger partial charge in [-0.15, -0.1) is 0 Å². The maximum Gasteiger partial charge on any atom is 0.343 e. The molecule has 0 aliphatic rings. The molecule has 1 amide bonds. The van der Waals surface area contributed by atoms with Crippen molar-refractivity contribution in [1.82, 2.24) is 5.43 Å². The second-order valence-electron chi connectivity index (χ2n) is 6.31. The molecule has 0 saturated heterocycles. The van der Waals surface area contributed by atoms with Crippen LogP contribution in [0.1, 0.15) is 26.3 Å². The molecular weight excluding hydrogens is 482 g/mol. The van der Waals surface area contributed by atoms with Crippen LogP contribution in [-0.2, 0) is 0 Å². The molecule has 0 bridgehead atoms. The van der Waals surface area contributed by atoms with Crippen molar-refractivity contribution in [3.05, 3.63) is 98.0 Å². The predicted molar refractivity (Wildman–Crippen MR) is 120 cm³/mol. The van der Waals surface area contributed by atoms with Gasteiger partial charge in [0.25, 0.3) is 11.6 Å². The maximum atomic E-state index is 12.3. The predicted octanol–water partition coefficient (Wildman–Crippen LogP) is 4.35. The number of nitrogens with zero attached hydrogens (tertiary/aromatic N) is 2. The zero-order chi connectivity index (χ0) is 23.1. The summed E-state index contributed by atoms with van der Waals surface area (Å²) in [5, 5.41) is 14.5. The molecule has 0 aromatic heterocycles. The van der Waals surface area contributed by atoms with Crippen molar-refractivity contribution < 1.29 is 24.0 Å². The summed E-state index contributed by atoms with van der Waals surface area (Å²) in [6.45, 7) is 0. The van der Waals surface area contributed by atoms with E-state index in [0.717, 1.165) is 4.47 Å². The molecule has 0 heterocycles. The SMILES string of the molecule is COc1cc(C=NNC(=O)c2ccc([N+](=O)[O-])cc2)ccc1OC(=O)c1ccc(Br)cc1. The average molecular weight is 498 g/mol. The Balaban J connectivity index is 1.65. The molecule has 32 heavy (non-hydrogen) atoms. The van der Waals surface area contributed by atoms with Gasteiger partial charge in [0.2, 0.25) is 0 Å². The number of amides is 1. The number of hydrogen-bond acceptors (Lipinski definition) is 7. The number of esters is 1. The quantitative estimate of drug-likeness (QED) is 0.170. The Morgan fingerprint density at radius 3 is 2.28 bits per heavy atom. The van der Waals surface area contributed by atoms with Gasteiger partial charge in [0, 0.05) is 22.2 Å². The highest BCUT2D eigenvalue weighted by Crippen LogP contribution is 2.28. The third-order valence-corrected chi connectivity index (χ3v) is 4.72. The molecule has 9 nitrogen and oxygen atoms in total. The molecule has 0 aliphatic heterocycles. The van der Waals surface area contributed by atoms with Gasteiger partial charge >= 0.3 is 5.97 Å². The van der Waals surface area contributed by atoms with Crippen molar-refractivity contribution in [2.45, 2.75) is 0 Å². The van der Waals surface area contributed by atoms with E-state index in [-0.39, 0.29) is 17.0 Å². The van der Waals surface area contributed by atoms with Crippen molar-refractivity contribution in [3.8, 4) is 11.5 Å². The molecule has 0 spiro atoms. The lowest BCUT2D eigenvalue weighted by Gasteiger charge is -2.10. The van der Waals surface area contributed by atoms with Crippen LogP contribution in [-0.4, -0.2) is 30.1 Å². The van der Waals surface area contributed by atoms with Gasteiger partial charge in [-0.1, -0.05) is 15.9 Å². The Morgan fingerprint density at radius 1 is 1.00 bits per heavy atom. The minimum atomic E-state index is -0.549. The van der Waals surface area contributed by atoms with Crippen LogP contribution in [0.15, 0.2) is 76.3 Å². The number of carbonyl (C=O) groups excluding carboxylic acids is 2. The first-order valence-corrected chi connectivity index (χ1v) is 9.90. The van der Waals surface area contributed by atoms with E-state index in [1.807, 2.05) is 0 Å². The van der Waals surface area contributed by atoms with E-state index in [1.165, 1.54) is 37.6 Å². The molecule has 1 N–H and O–H groups in total. The van der Waals surface area contributed by atoms with E-state index in [1.54, 1.807) is 42.5 Å². The Morgan fingerprint density at radius 2 is 1.66 bits per heavy atom. The number of hydrogen-bond donors (Lipinski definition) is 1. The average Bonchev–Trinajstić information content (AvgIpc) is 2.80. The molecular formula is C22H16BrN3O6. The first-order chi connectivity index (χ1) is 15.4. The van der Waals surface area contributed by atoms with E-state index < -0.39 is 16.8 Å². The lowest BCUT2D eigenvalue weighted by Crippen LogP contribution is -2.17. The minimum absolute atomic E-state index is 0.113. The summed E-state index contributed by atoms with van der Waals surface area (Å²) >= 11 is 3.31. The van der Waals surface area contributed by atoms with E-state index in [9.17, 15) is 19.7 Å². The van der Waals surface area contributed by atoms with Gasteiger partial charge in [-0.05, 0) is 60.2 Å². The number of nitro benzene ring substituents is 1. The summed E-state index contributed by atoms with van der Waals surface area (Å²) < 4.78 is 11.5. The molecule has 0 radical (unpaired) electrons. The number of nitro groups is 1. The van der Waals surface area contributed by atoms with Crippen LogP contribution in [0.25, 0.3) is 0 Å². The number of hydrazone groups is 1. The molecule has 3 rings (SSSR count). The van der Waals surface area contributed by atoms with E-state index in [4.69, 9.17) is 9.47 Å². The Bertz CT molecular complexity index is 1180. The fourth-order valence-electron chi connectivity index (χ4n) is 2.56. The van der Waals surface area contributed by atoms with E-state index >= 15 is 0 Å². The van der Waals surface area contributed by atoms with Gasteiger partial charge in [0.1, 0.15) is 0 Å². The van der Waals surface area contributed by atoms with Gasteiger partial charge in [-0.3, -0.25) is 14.9 Å². The van der Waals surface area contributed by atoms with Gasteiger partial charge < -0.3 is 9.47 Å². The van der Waals surface area contributed by atoms with Crippen LogP contribution in [0.4, 0.5) is 5.69 Å². The van der Waals surface area contributed by atoms with Crippen LogP contribution in [0, 0.1) is 10.1 Å². The topological polar surface area (TPSA) is 120 Å². The molecule has 0 unspecified atom stereocenters. The van der Waals surface area contributed by atoms with Crippen LogP contribution >= 0.6 is 15.9 Å². The summed E-state index contributed by atoms with van der Waals surface area (Å²) in [6.07, 6.45) is 1.38. The standard InChI is InChI=1S/C22H16BrN3O6/c1-31-20-12-14(2-11-19(20)32-22(28)16-3-7-17(23)8-4-16)13-24-25-21(27)15-5-9-18(10-6-15)26(29)30/h2-13H,1H3,(H,25,27). The molecule has 3 aromatic carbocycles. The molecule has 0 atom stereocenters. The van der Waals surface area contributed by atoms with Crippen LogP contribution < -0.4 is 14.9 Å². The number of nitrogens with one attached hydrogen (secondary N) is 1. The number of rotatable bonds is 7. The van der Waals surface area contributed by atoms with Crippen molar-refractivity contribution in [1.29, 1.82) is 0 Å². The number of carbonyl (C=O) groups is 2. The first-order valence-electron chi connectivity index (χ1n) is 9.11.